The largest absolute Gasteiger partial charge is 0.491 e. The number of rotatable bonds is 5. The van der Waals surface area contributed by atoms with E-state index in [1.165, 1.54) is 0 Å². The molecule has 1 aromatic carbocycles. The highest BCUT2D eigenvalue weighted by atomic mass is 35.5. The lowest BCUT2D eigenvalue weighted by Crippen LogP contribution is -2.12. The quantitative estimate of drug-likeness (QED) is 0.892. The van der Waals surface area contributed by atoms with Crippen LogP contribution in [0.5, 0.6) is 5.75 Å². The topological polar surface area (TPSA) is 63.6 Å². The molecule has 6 heteroatoms. The zero-order valence-electron chi connectivity index (χ0n) is 9.68. The molecule has 0 aliphatic rings. The van der Waals surface area contributed by atoms with Gasteiger partial charge >= 0.3 is 0 Å². The van der Waals surface area contributed by atoms with Crippen LogP contribution in [0.1, 0.15) is 18.6 Å². The van der Waals surface area contributed by atoms with Gasteiger partial charge in [0.25, 0.3) is 0 Å². The van der Waals surface area contributed by atoms with E-state index in [0.717, 1.165) is 6.26 Å². The molecule has 0 radical (unpaired) electrons. The summed E-state index contributed by atoms with van der Waals surface area (Å²) < 4.78 is 27.1. The van der Waals surface area contributed by atoms with Crippen molar-refractivity contribution in [3.8, 4) is 5.75 Å². The van der Waals surface area contributed by atoms with Crippen LogP contribution in [0, 0.1) is 0 Å². The van der Waals surface area contributed by atoms with Crippen molar-refractivity contribution in [2.75, 3.05) is 18.6 Å². The van der Waals surface area contributed by atoms with E-state index in [-0.39, 0.29) is 12.4 Å². The van der Waals surface area contributed by atoms with Crippen LogP contribution in [0.4, 0.5) is 0 Å². The Balaban J connectivity index is 2.67. The minimum absolute atomic E-state index is 0.0541. The predicted molar refractivity (Wildman–Crippen MR) is 67.3 cm³/mol. The van der Waals surface area contributed by atoms with E-state index in [4.69, 9.17) is 16.3 Å². The van der Waals surface area contributed by atoms with E-state index in [9.17, 15) is 13.5 Å². The number of hydrogen-bond acceptors (Lipinski definition) is 4. The SMILES string of the molecule is C[C@@H](O)c1ccc(OCCS(C)(=O)=O)c(Cl)c1. The van der Waals surface area contributed by atoms with E-state index in [1.807, 2.05) is 0 Å². The molecule has 17 heavy (non-hydrogen) atoms. The average molecular weight is 279 g/mol. The number of ether oxygens (including phenoxy) is 1. The second-order valence-electron chi connectivity index (χ2n) is 3.84. The van der Waals surface area contributed by atoms with Crippen LogP contribution in [0.15, 0.2) is 18.2 Å². The Labute approximate surface area is 106 Å². The highest BCUT2D eigenvalue weighted by Crippen LogP contribution is 2.27. The van der Waals surface area contributed by atoms with Gasteiger partial charge in [0.15, 0.2) is 9.84 Å². The lowest BCUT2D eigenvalue weighted by atomic mass is 10.1. The smallest absolute Gasteiger partial charge is 0.150 e. The molecule has 0 aliphatic heterocycles. The Bertz CT molecular complexity index is 482. The van der Waals surface area contributed by atoms with Crippen molar-refractivity contribution in [3.05, 3.63) is 28.8 Å². The van der Waals surface area contributed by atoms with Crippen LogP contribution in [-0.2, 0) is 9.84 Å². The molecule has 1 atom stereocenters. The van der Waals surface area contributed by atoms with Gasteiger partial charge in [-0.25, -0.2) is 8.42 Å². The Morgan fingerprint density at radius 1 is 1.47 bits per heavy atom. The fraction of sp³-hybridized carbons (Fsp3) is 0.455. The monoisotopic (exact) mass is 278 g/mol. The van der Waals surface area contributed by atoms with Gasteiger partial charge in [0.05, 0.1) is 16.9 Å². The van der Waals surface area contributed by atoms with Crippen molar-refractivity contribution in [1.29, 1.82) is 0 Å². The van der Waals surface area contributed by atoms with Gasteiger partial charge in [0.2, 0.25) is 0 Å². The van der Waals surface area contributed by atoms with Gasteiger partial charge in [-0.15, -0.1) is 0 Å². The molecule has 4 nitrogen and oxygen atoms in total. The van der Waals surface area contributed by atoms with Gasteiger partial charge in [-0.05, 0) is 24.6 Å². The van der Waals surface area contributed by atoms with Crippen molar-refractivity contribution >= 4 is 21.4 Å². The van der Waals surface area contributed by atoms with Crippen LogP contribution in [0.2, 0.25) is 5.02 Å². The summed E-state index contributed by atoms with van der Waals surface area (Å²) in [5.41, 5.74) is 0.686. The summed E-state index contributed by atoms with van der Waals surface area (Å²) in [7, 11) is -3.04. The number of benzene rings is 1. The molecule has 96 valence electrons. The van der Waals surface area contributed by atoms with Crippen molar-refractivity contribution in [2.24, 2.45) is 0 Å². The summed E-state index contributed by atoms with van der Waals surface area (Å²) in [6.07, 6.45) is 0.548. The Morgan fingerprint density at radius 3 is 2.59 bits per heavy atom. The summed E-state index contributed by atoms with van der Waals surface area (Å²) >= 11 is 5.94. The van der Waals surface area contributed by atoms with Crippen molar-refractivity contribution in [2.45, 2.75) is 13.0 Å². The second-order valence-corrected chi connectivity index (χ2v) is 6.51. The summed E-state index contributed by atoms with van der Waals surface area (Å²) in [6, 6.07) is 4.90. The molecule has 0 aliphatic carbocycles. The maximum Gasteiger partial charge on any atom is 0.150 e. The number of aliphatic hydroxyl groups is 1. The first-order valence-corrected chi connectivity index (χ1v) is 7.51. The molecule has 0 spiro atoms. The number of hydrogen-bond donors (Lipinski definition) is 1. The average Bonchev–Trinajstić information content (AvgIpc) is 2.18. The molecule has 1 aromatic rings. The third kappa shape index (κ3) is 4.93. The van der Waals surface area contributed by atoms with E-state index < -0.39 is 15.9 Å². The van der Waals surface area contributed by atoms with Gasteiger partial charge in [0.1, 0.15) is 12.4 Å². The molecular weight excluding hydrogens is 264 g/mol. The van der Waals surface area contributed by atoms with Crippen molar-refractivity contribution < 1.29 is 18.3 Å². The van der Waals surface area contributed by atoms with Crippen LogP contribution in [0.25, 0.3) is 0 Å². The molecule has 0 unspecified atom stereocenters. The summed E-state index contributed by atoms with van der Waals surface area (Å²) in [4.78, 5) is 0. The van der Waals surface area contributed by atoms with Crippen LogP contribution in [0.3, 0.4) is 0 Å². The molecule has 0 bridgehead atoms. The first-order valence-electron chi connectivity index (χ1n) is 5.07. The highest BCUT2D eigenvalue weighted by Gasteiger charge is 2.08. The van der Waals surface area contributed by atoms with E-state index >= 15 is 0 Å². The van der Waals surface area contributed by atoms with E-state index in [0.29, 0.717) is 16.3 Å². The zero-order chi connectivity index (χ0) is 13.1. The van der Waals surface area contributed by atoms with Crippen molar-refractivity contribution in [1.82, 2.24) is 0 Å². The summed E-state index contributed by atoms with van der Waals surface area (Å²) in [6.45, 7) is 1.70. The third-order valence-electron chi connectivity index (χ3n) is 2.15. The van der Waals surface area contributed by atoms with Gasteiger partial charge in [-0.1, -0.05) is 17.7 Å². The fourth-order valence-corrected chi connectivity index (χ4v) is 1.83. The lowest BCUT2D eigenvalue weighted by molar-refractivity contribution is 0.199. The number of aliphatic hydroxyl groups excluding tert-OH is 1. The Morgan fingerprint density at radius 2 is 2.12 bits per heavy atom. The first-order chi connectivity index (χ1) is 7.79. The van der Waals surface area contributed by atoms with E-state index in [2.05, 4.69) is 0 Å². The molecule has 0 saturated carbocycles. The van der Waals surface area contributed by atoms with Crippen molar-refractivity contribution in [3.63, 3.8) is 0 Å². The van der Waals surface area contributed by atoms with Gasteiger partial charge < -0.3 is 9.84 Å². The second kappa shape index (κ2) is 5.71. The molecule has 0 amide bonds. The maximum absolute atomic E-state index is 10.9. The molecule has 0 saturated heterocycles. The molecule has 0 heterocycles. The minimum Gasteiger partial charge on any atom is -0.491 e. The van der Waals surface area contributed by atoms with E-state index in [1.54, 1.807) is 25.1 Å². The predicted octanol–water partition coefficient (Wildman–Crippen LogP) is 1.82. The van der Waals surface area contributed by atoms with Gasteiger partial charge in [-0.3, -0.25) is 0 Å². The summed E-state index contributed by atoms with van der Waals surface area (Å²) in [5.74, 6) is 0.362. The number of sulfone groups is 1. The molecule has 0 aromatic heterocycles. The fourth-order valence-electron chi connectivity index (χ4n) is 1.20. The normalized spacial score (nSPS) is 13.4. The lowest BCUT2D eigenvalue weighted by Gasteiger charge is -2.10. The van der Waals surface area contributed by atoms with Crippen LogP contribution >= 0.6 is 11.6 Å². The molecular formula is C11H15ClO4S. The summed E-state index contributed by atoms with van der Waals surface area (Å²) in [5, 5.41) is 9.70. The Kier molecular flexibility index (Phi) is 4.80. The van der Waals surface area contributed by atoms with Crippen LogP contribution < -0.4 is 4.74 Å². The zero-order valence-corrected chi connectivity index (χ0v) is 11.3. The Hall–Kier alpha value is -0.780. The van der Waals surface area contributed by atoms with Gasteiger partial charge in [0, 0.05) is 6.26 Å². The standard InChI is InChI=1S/C11H15ClO4S/c1-8(13)9-3-4-11(10(12)7-9)16-5-6-17(2,14)15/h3-4,7-8,13H,5-6H2,1-2H3/t8-/m1/s1. The third-order valence-corrected chi connectivity index (χ3v) is 3.35. The van der Waals surface area contributed by atoms with Gasteiger partial charge in [-0.2, -0.15) is 0 Å². The minimum atomic E-state index is -3.04. The molecule has 1 N–H and O–H groups in total. The first kappa shape index (κ1) is 14.3. The molecule has 0 fully saturated rings. The highest BCUT2D eigenvalue weighted by molar-refractivity contribution is 7.90. The number of halogens is 1. The van der Waals surface area contributed by atoms with Crippen LogP contribution in [-0.4, -0.2) is 32.1 Å². The maximum atomic E-state index is 10.9. The molecule has 1 rings (SSSR count).